The molecular formula is C15H20INO3. The molecule has 1 rings (SSSR count). The number of amides is 1. The van der Waals surface area contributed by atoms with E-state index in [1.54, 1.807) is 4.90 Å². The Morgan fingerprint density at radius 2 is 1.85 bits per heavy atom. The van der Waals surface area contributed by atoms with Gasteiger partial charge < -0.3 is 9.64 Å². The van der Waals surface area contributed by atoms with Crippen molar-refractivity contribution < 1.29 is 14.3 Å². The molecule has 0 spiro atoms. The maximum absolute atomic E-state index is 12.5. The lowest BCUT2D eigenvalue weighted by atomic mass is 10.1. The molecule has 0 N–H and O–H groups in total. The fourth-order valence-electron chi connectivity index (χ4n) is 1.82. The maximum Gasteiger partial charge on any atom is 0.307 e. The van der Waals surface area contributed by atoms with Crippen LogP contribution in [0, 0.1) is 9.49 Å². The third-order valence-corrected chi connectivity index (χ3v) is 3.50. The van der Waals surface area contributed by atoms with E-state index in [4.69, 9.17) is 0 Å². The van der Waals surface area contributed by atoms with Crippen molar-refractivity contribution in [3.8, 4) is 0 Å². The number of hydrogen-bond acceptors (Lipinski definition) is 3. The first-order chi connectivity index (χ1) is 9.43. The van der Waals surface area contributed by atoms with E-state index >= 15 is 0 Å². The third-order valence-electron chi connectivity index (χ3n) is 2.78. The molecular weight excluding hydrogens is 369 g/mol. The van der Waals surface area contributed by atoms with E-state index in [-0.39, 0.29) is 18.3 Å². The molecule has 0 aliphatic carbocycles. The summed E-state index contributed by atoms with van der Waals surface area (Å²) in [6.07, 6.45) is 0.222. The molecule has 0 aromatic heterocycles. The number of ether oxygens (including phenoxy) is 1. The van der Waals surface area contributed by atoms with E-state index in [1.807, 2.05) is 38.1 Å². The molecule has 0 radical (unpaired) electrons. The Morgan fingerprint density at radius 1 is 1.25 bits per heavy atom. The lowest BCUT2D eigenvalue weighted by Crippen LogP contribution is -2.36. The first-order valence-electron chi connectivity index (χ1n) is 6.55. The number of carbonyl (C=O) groups excluding carboxylic acids is 2. The van der Waals surface area contributed by atoms with Crippen LogP contribution in [0.3, 0.4) is 0 Å². The van der Waals surface area contributed by atoms with Gasteiger partial charge in [0.05, 0.1) is 13.5 Å². The van der Waals surface area contributed by atoms with Crippen molar-refractivity contribution in [3.63, 3.8) is 0 Å². The number of benzene rings is 1. The third kappa shape index (κ3) is 5.48. The molecule has 0 saturated carbocycles. The number of hydrogen-bond donors (Lipinski definition) is 0. The molecule has 110 valence electrons. The largest absolute Gasteiger partial charge is 0.469 e. The van der Waals surface area contributed by atoms with Gasteiger partial charge in [0.25, 0.3) is 5.91 Å². The van der Waals surface area contributed by atoms with Gasteiger partial charge in [-0.25, -0.2) is 0 Å². The monoisotopic (exact) mass is 389 g/mol. The zero-order valence-corrected chi connectivity index (χ0v) is 14.2. The Bertz CT molecular complexity index is 457. The second-order valence-electron chi connectivity index (χ2n) is 4.98. The fourth-order valence-corrected chi connectivity index (χ4v) is 2.18. The van der Waals surface area contributed by atoms with E-state index in [2.05, 4.69) is 27.3 Å². The Hall–Kier alpha value is -1.11. The smallest absolute Gasteiger partial charge is 0.307 e. The van der Waals surface area contributed by atoms with Crippen molar-refractivity contribution in [1.29, 1.82) is 0 Å². The van der Waals surface area contributed by atoms with Crippen LogP contribution in [0.2, 0.25) is 0 Å². The normalized spacial score (nSPS) is 10.4. The van der Waals surface area contributed by atoms with Gasteiger partial charge in [-0.1, -0.05) is 13.8 Å². The molecule has 0 fully saturated rings. The molecule has 4 nitrogen and oxygen atoms in total. The molecule has 0 aliphatic rings. The predicted octanol–water partition coefficient (Wildman–Crippen LogP) is 2.95. The van der Waals surface area contributed by atoms with Crippen molar-refractivity contribution >= 4 is 34.5 Å². The van der Waals surface area contributed by atoms with Crippen LogP contribution in [0.4, 0.5) is 0 Å². The molecule has 20 heavy (non-hydrogen) atoms. The highest BCUT2D eigenvalue weighted by Crippen LogP contribution is 2.11. The average molecular weight is 389 g/mol. The number of rotatable bonds is 6. The first kappa shape index (κ1) is 16.9. The zero-order chi connectivity index (χ0) is 15.1. The number of methoxy groups -OCH3 is 1. The number of carbonyl (C=O) groups is 2. The molecule has 1 aromatic rings. The molecule has 0 atom stereocenters. The number of halogens is 1. The number of nitrogens with zero attached hydrogens (tertiary/aromatic N) is 1. The molecule has 5 heteroatoms. The molecule has 0 aliphatic heterocycles. The molecule has 1 aromatic carbocycles. The highest BCUT2D eigenvalue weighted by atomic mass is 127. The van der Waals surface area contributed by atoms with Crippen LogP contribution in [0.1, 0.15) is 30.6 Å². The van der Waals surface area contributed by atoms with Crippen molar-refractivity contribution in [2.24, 2.45) is 5.92 Å². The Labute approximate surface area is 133 Å². The van der Waals surface area contributed by atoms with Gasteiger partial charge in [-0.05, 0) is 52.8 Å². The first-order valence-corrected chi connectivity index (χ1v) is 7.63. The standard InChI is InChI=1S/C15H20INO3/c1-11(2)10-17(9-8-14(18)20-3)15(19)12-4-6-13(16)7-5-12/h4-7,11H,8-10H2,1-3H3. The second kappa shape index (κ2) is 8.24. The Kier molecular flexibility index (Phi) is 6.98. The fraction of sp³-hybridized carbons (Fsp3) is 0.467. The van der Waals surface area contributed by atoms with Gasteiger partial charge in [-0.15, -0.1) is 0 Å². The summed E-state index contributed by atoms with van der Waals surface area (Å²) in [5.41, 5.74) is 0.649. The number of esters is 1. The van der Waals surface area contributed by atoms with Crippen LogP contribution >= 0.6 is 22.6 Å². The van der Waals surface area contributed by atoms with Gasteiger partial charge in [0.1, 0.15) is 0 Å². The van der Waals surface area contributed by atoms with Crippen molar-refractivity contribution in [1.82, 2.24) is 4.90 Å². The highest BCUT2D eigenvalue weighted by Gasteiger charge is 2.18. The minimum Gasteiger partial charge on any atom is -0.469 e. The summed E-state index contributed by atoms with van der Waals surface area (Å²) in [6, 6.07) is 7.44. The molecule has 0 unspecified atom stereocenters. The summed E-state index contributed by atoms with van der Waals surface area (Å²) in [6.45, 7) is 5.11. The van der Waals surface area contributed by atoms with Crippen LogP contribution in [0.15, 0.2) is 24.3 Å². The molecule has 0 heterocycles. The van der Waals surface area contributed by atoms with Crippen LogP contribution < -0.4 is 0 Å². The summed E-state index contributed by atoms with van der Waals surface area (Å²) < 4.78 is 5.72. The lowest BCUT2D eigenvalue weighted by molar-refractivity contribution is -0.140. The Morgan fingerprint density at radius 3 is 2.35 bits per heavy atom. The second-order valence-corrected chi connectivity index (χ2v) is 6.22. The molecule has 1 amide bonds. The van der Waals surface area contributed by atoms with E-state index in [0.29, 0.717) is 24.6 Å². The van der Waals surface area contributed by atoms with Crippen LogP contribution in [0.5, 0.6) is 0 Å². The molecule has 0 bridgehead atoms. The molecule has 0 saturated heterocycles. The lowest BCUT2D eigenvalue weighted by Gasteiger charge is -2.24. The van der Waals surface area contributed by atoms with Gasteiger partial charge in [-0.2, -0.15) is 0 Å². The summed E-state index contributed by atoms with van der Waals surface area (Å²) in [5.74, 6) is 0.00798. The van der Waals surface area contributed by atoms with Crippen LogP contribution in [0.25, 0.3) is 0 Å². The topological polar surface area (TPSA) is 46.6 Å². The van der Waals surface area contributed by atoms with Gasteiger partial charge in [0, 0.05) is 22.2 Å². The highest BCUT2D eigenvalue weighted by molar-refractivity contribution is 14.1. The summed E-state index contributed by atoms with van der Waals surface area (Å²) in [4.78, 5) is 25.4. The van der Waals surface area contributed by atoms with Gasteiger partial charge in [0.2, 0.25) is 0 Å². The average Bonchev–Trinajstić information content (AvgIpc) is 2.42. The Balaban J connectivity index is 2.78. The van der Waals surface area contributed by atoms with Gasteiger partial charge in [-0.3, -0.25) is 9.59 Å². The zero-order valence-electron chi connectivity index (χ0n) is 12.1. The van der Waals surface area contributed by atoms with Crippen molar-refractivity contribution in [3.05, 3.63) is 33.4 Å². The van der Waals surface area contributed by atoms with Crippen LogP contribution in [-0.4, -0.2) is 37.0 Å². The minimum absolute atomic E-state index is 0.0426. The SMILES string of the molecule is COC(=O)CCN(CC(C)C)C(=O)c1ccc(I)cc1. The van der Waals surface area contributed by atoms with Gasteiger partial charge in [0.15, 0.2) is 0 Å². The van der Waals surface area contributed by atoms with E-state index in [0.717, 1.165) is 3.57 Å². The van der Waals surface area contributed by atoms with E-state index in [9.17, 15) is 9.59 Å². The summed E-state index contributed by atoms with van der Waals surface area (Å²) in [5, 5.41) is 0. The van der Waals surface area contributed by atoms with Crippen molar-refractivity contribution in [2.45, 2.75) is 20.3 Å². The van der Waals surface area contributed by atoms with Crippen molar-refractivity contribution in [2.75, 3.05) is 20.2 Å². The maximum atomic E-state index is 12.5. The van der Waals surface area contributed by atoms with E-state index < -0.39 is 0 Å². The predicted molar refractivity (Wildman–Crippen MR) is 86.5 cm³/mol. The van der Waals surface area contributed by atoms with E-state index in [1.165, 1.54) is 7.11 Å². The van der Waals surface area contributed by atoms with Gasteiger partial charge >= 0.3 is 5.97 Å². The summed E-state index contributed by atoms with van der Waals surface area (Å²) >= 11 is 2.20. The summed E-state index contributed by atoms with van der Waals surface area (Å²) in [7, 11) is 1.36. The minimum atomic E-state index is -0.297. The van der Waals surface area contributed by atoms with Crippen LogP contribution in [-0.2, 0) is 9.53 Å². The quantitative estimate of drug-likeness (QED) is 0.555.